The first kappa shape index (κ1) is 18.7. The second kappa shape index (κ2) is 6.72. The van der Waals surface area contributed by atoms with Crippen molar-refractivity contribution in [2.45, 2.75) is 57.7 Å². The van der Waals surface area contributed by atoms with E-state index in [0.717, 1.165) is 51.8 Å². The molecule has 7 nitrogen and oxygen atoms in total. The molecule has 0 N–H and O–H groups in total. The zero-order valence-corrected chi connectivity index (χ0v) is 18.1. The molecule has 2 saturated heterocycles. The minimum absolute atomic E-state index is 0.0165. The first-order valence-corrected chi connectivity index (χ1v) is 11.1. The van der Waals surface area contributed by atoms with E-state index in [1.165, 1.54) is 12.8 Å². The van der Waals surface area contributed by atoms with Gasteiger partial charge in [0.15, 0.2) is 5.65 Å². The van der Waals surface area contributed by atoms with Gasteiger partial charge in [-0.25, -0.2) is 14.2 Å². The maximum Gasteiger partial charge on any atom is 0.274 e. The molecule has 3 aromatic heterocycles. The molecular formula is C24H26N6O. The van der Waals surface area contributed by atoms with E-state index in [-0.39, 0.29) is 11.6 Å². The largest absolute Gasteiger partial charge is 0.300 e. The normalized spacial score (nSPS) is 23.8. The van der Waals surface area contributed by atoms with Gasteiger partial charge in [-0.2, -0.15) is 10.2 Å². The number of aromatic nitrogens is 5. The predicted octanol–water partition coefficient (Wildman–Crippen LogP) is 3.52. The Morgan fingerprint density at radius 3 is 2.58 bits per heavy atom. The van der Waals surface area contributed by atoms with E-state index in [0.29, 0.717) is 12.1 Å². The summed E-state index contributed by atoms with van der Waals surface area (Å²) in [5.41, 5.74) is 4.74. The minimum Gasteiger partial charge on any atom is -0.300 e. The molecule has 0 amide bonds. The molecule has 0 spiro atoms. The van der Waals surface area contributed by atoms with Gasteiger partial charge in [-0.15, -0.1) is 0 Å². The van der Waals surface area contributed by atoms with E-state index in [2.05, 4.69) is 22.0 Å². The molecule has 5 heterocycles. The smallest absolute Gasteiger partial charge is 0.274 e. The van der Waals surface area contributed by atoms with Crippen LogP contribution < -0.4 is 5.56 Å². The average Bonchev–Trinajstić information content (AvgIpc) is 3.21. The van der Waals surface area contributed by atoms with Crippen LogP contribution in [0.15, 0.2) is 41.5 Å². The monoisotopic (exact) mass is 414 g/mol. The molecule has 0 radical (unpaired) electrons. The summed E-state index contributed by atoms with van der Waals surface area (Å²) in [5, 5.41) is 10.9. The van der Waals surface area contributed by atoms with E-state index in [1.807, 2.05) is 55.0 Å². The van der Waals surface area contributed by atoms with Crippen molar-refractivity contribution in [1.82, 2.24) is 29.3 Å². The maximum absolute atomic E-state index is 13.3. The number of hydrogen-bond acceptors (Lipinski definition) is 5. The molecule has 4 aromatic rings. The highest BCUT2D eigenvalue weighted by atomic mass is 16.1. The molecule has 2 bridgehead atoms. The summed E-state index contributed by atoms with van der Waals surface area (Å²) < 4.78 is 3.57. The van der Waals surface area contributed by atoms with Crippen molar-refractivity contribution in [2.24, 2.45) is 0 Å². The van der Waals surface area contributed by atoms with Gasteiger partial charge >= 0.3 is 0 Å². The van der Waals surface area contributed by atoms with Crippen LogP contribution in [0.2, 0.25) is 0 Å². The molecule has 0 saturated carbocycles. The van der Waals surface area contributed by atoms with Crippen LogP contribution in [0.4, 0.5) is 0 Å². The summed E-state index contributed by atoms with van der Waals surface area (Å²) in [7, 11) is 2.22. The SMILES string of the molecule is Cc1cn2nc(-c3ccc4c(=O)n([C@@H]5C[C@H]6CC[C@@H](C5)N6C)ncc4c3)cc(C)c2n1. The van der Waals surface area contributed by atoms with E-state index in [4.69, 9.17) is 5.10 Å². The fourth-order valence-corrected chi connectivity index (χ4v) is 5.55. The summed E-state index contributed by atoms with van der Waals surface area (Å²) in [6.45, 7) is 4.01. The highest BCUT2D eigenvalue weighted by Gasteiger charge is 2.39. The van der Waals surface area contributed by atoms with Crippen molar-refractivity contribution in [3.63, 3.8) is 0 Å². The van der Waals surface area contributed by atoms with Crippen LogP contribution in [0, 0.1) is 13.8 Å². The molecular weight excluding hydrogens is 388 g/mol. The lowest BCUT2D eigenvalue weighted by atomic mass is 9.98. The van der Waals surface area contributed by atoms with Crippen molar-refractivity contribution in [3.05, 3.63) is 58.3 Å². The van der Waals surface area contributed by atoms with Crippen LogP contribution in [0.25, 0.3) is 27.7 Å². The topological polar surface area (TPSA) is 68.3 Å². The van der Waals surface area contributed by atoms with Gasteiger partial charge in [-0.05, 0) is 70.3 Å². The van der Waals surface area contributed by atoms with Crippen molar-refractivity contribution >= 4 is 16.4 Å². The average molecular weight is 415 g/mol. The highest BCUT2D eigenvalue weighted by molar-refractivity contribution is 5.85. The van der Waals surface area contributed by atoms with Gasteiger partial charge in [0.1, 0.15) is 0 Å². The summed E-state index contributed by atoms with van der Waals surface area (Å²) in [4.78, 5) is 20.3. The first-order valence-electron chi connectivity index (χ1n) is 11.1. The molecule has 1 aromatic carbocycles. The first-order chi connectivity index (χ1) is 15.0. The van der Waals surface area contributed by atoms with E-state index in [1.54, 1.807) is 4.68 Å². The number of hydrogen-bond donors (Lipinski definition) is 0. The lowest BCUT2D eigenvalue weighted by molar-refractivity contribution is 0.129. The Hall–Kier alpha value is -3.06. The summed E-state index contributed by atoms with van der Waals surface area (Å²) >= 11 is 0. The second-order valence-electron chi connectivity index (χ2n) is 9.24. The van der Waals surface area contributed by atoms with Gasteiger partial charge in [-0.1, -0.05) is 6.07 Å². The van der Waals surface area contributed by atoms with Gasteiger partial charge < -0.3 is 4.90 Å². The third kappa shape index (κ3) is 2.91. The molecule has 158 valence electrons. The second-order valence-corrected chi connectivity index (χ2v) is 9.24. The number of benzene rings is 1. The van der Waals surface area contributed by atoms with Crippen LogP contribution in [-0.2, 0) is 0 Å². The summed E-state index contributed by atoms with van der Waals surface area (Å²) in [6.07, 6.45) is 8.26. The number of piperidine rings is 1. The Labute approximate surface area is 180 Å². The molecule has 2 aliphatic rings. The van der Waals surface area contributed by atoms with Crippen molar-refractivity contribution in [2.75, 3.05) is 7.05 Å². The molecule has 7 heteroatoms. The van der Waals surface area contributed by atoms with Crippen LogP contribution in [0.3, 0.4) is 0 Å². The zero-order chi connectivity index (χ0) is 21.3. The zero-order valence-electron chi connectivity index (χ0n) is 18.1. The van der Waals surface area contributed by atoms with Gasteiger partial charge in [0.2, 0.25) is 0 Å². The number of rotatable bonds is 2. The number of aryl methyl sites for hydroxylation is 2. The van der Waals surface area contributed by atoms with Gasteiger partial charge in [0.25, 0.3) is 5.56 Å². The third-order valence-electron chi connectivity index (χ3n) is 7.26. The summed E-state index contributed by atoms with van der Waals surface area (Å²) in [6, 6.07) is 9.33. The lowest BCUT2D eigenvalue weighted by Gasteiger charge is -2.36. The van der Waals surface area contributed by atoms with Crippen molar-refractivity contribution in [1.29, 1.82) is 0 Å². The number of imidazole rings is 1. The molecule has 0 unspecified atom stereocenters. The van der Waals surface area contributed by atoms with Crippen LogP contribution in [-0.4, -0.2) is 48.4 Å². The Bertz CT molecular complexity index is 1370. The van der Waals surface area contributed by atoms with Gasteiger partial charge in [0, 0.05) is 23.0 Å². The molecule has 6 rings (SSSR count). The van der Waals surface area contributed by atoms with Gasteiger partial charge in [0.05, 0.1) is 35.2 Å². The number of nitrogens with zero attached hydrogens (tertiary/aromatic N) is 6. The number of fused-ring (bicyclic) bond motifs is 4. The quantitative estimate of drug-likeness (QED) is 0.502. The van der Waals surface area contributed by atoms with Gasteiger partial charge in [-0.3, -0.25) is 4.79 Å². The van der Waals surface area contributed by atoms with E-state index in [9.17, 15) is 4.79 Å². The standard InChI is InChI=1S/C24H26N6O/c1-14-8-22(27-29-13-15(2)26-23(14)29)16-4-7-21-17(9-16)12-25-30(24(21)31)20-10-18-5-6-19(11-20)28(18)3/h4,7-9,12-13,18-20H,5-6,10-11H2,1-3H3/t18-,19+,20-. The fourth-order valence-electron chi connectivity index (χ4n) is 5.55. The Balaban J connectivity index is 1.39. The molecule has 3 atom stereocenters. The molecule has 2 fully saturated rings. The third-order valence-corrected chi connectivity index (χ3v) is 7.26. The van der Waals surface area contributed by atoms with E-state index >= 15 is 0 Å². The Morgan fingerprint density at radius 1 is 1.03 bits per heavy atom. The lowest BCUT2D eigenvalue weighted by Crippen LogP contribution is -2.43. The molecule has 31 heavy (non-hydrogen) atoms. The minimum atomic E-state index is 0.0165. The van der Waals surface area contributed by atoms with E-state index < -0.39 is 0 Å². The maximum atomic E-state index is 13.3. The van der Waals surface area contributed by atoms with Crippen molar-refractivity contribution in [3.8, 4) is 11.3 Å². The fraction of sp³-hybridized carbons (Fsp3) is 0.417. The van der Waals surface area contributed by atoms with Crippen LogP contribution in [0.5, 0.6) is 0 Å². The predicted molar refractivity (Wildman–Crippen MR) is 120 cm³/mol. The van der Waals surface area contributed by atoms with Crippen molar-refractivity contribution < 1.29 is 0 Å². The summed E-state index contributed by atoms with van der Waals surface area (Å²) in [5.74, 6) is 0. The Kier molecular flexibility index (Phi) is 4.05. The molecule has 2 aliphatic heterocycles. The molecule has 0 aliphatic carbocycles. The Morgan fingerprint density at radius 2 is 1.81 bits per heavy atom. The van der Waals surface area contributed by atoms with Crippen LogP contribution in [0.1, 0.15) is 43.0 Å². The highest BCUT2D eigenvalue weighted by Crippen LogP contribution is 2.39. The van der Waals surface area contributed by atoms with Crippen LogP contribution >= 0.6 is 0 Å².